The predicted molar refractivity (Wildman–Crippen MR) is 120 cm³/mol. The van der Waals surface area contributed by atoms with Gasteiger partial charge in [0.2, 0.25) is 11.8 Å². The molecule has 0 bridgehead atoms. The third-order valence-electron chi connectivity index (χ3n) is 5.26. The molecular formula is C23H22N6O4. The molecule has 1 atom stereocenters. The van der Waals surface area contributed by atoms with Gasteiger partial charge in [-0.15, -0.1) is 0 Å². The van der Waals surface area contributed by atoms with E-state index in [9.17, 15) is 14.4 Å². The van der Waals surface area contributed by atoms with Crippen LogP contribution in [0.15, 0.2) is 66.2 Å². The highest BCUT2D eigenvalue weighted by atomic mass is 16.5. The van der Waals surface area contributed by atoms with Crippen molar-refractivity contribution in [1.82, 2.24) is 20.0 Å². The third-order valence-corrected chi connectivity index (χ3v) is 5.26. The van der Waals surface area contributed by atoms with Gasteiger partial charge in [0.25, 0.3) is 5.91 Å². The number of hydrogen-bond acceptors (Lipinski definition) is 7. The van der Waals surface area contributed by atoms with Crippen LogP contribution in [-0.2, 0) is 9.59 Å². The number of amides is 3. The van der Waals surface area contributed by atoms with Gasteiger partial charge in [0.05, 0.1) is 35.3 Å². The van der Waals surface area contributed by atoms with E-state index in [2.05, 4.69) is 32.3 Å². The first-order valence-electron chi connectivity index (χ1n) is 10.4. The number of pyridine rings is 2. The SMILES string of the molecule is C=CC(=O)N1CCC[C@H](C(=O)Nc2ccc(NC(=O)c3cccc(-c4cnoc4)n3)nc2)C1. The molecule has 1 fully saturated rings. The molecular weight excluding hydrogens is 424 g/mol. The van der Waals surface area contributed by atoms with Crippen molar-refractivity contribution in [2.24, 2.45) is 5.92 Å². The highest BCUT2D eigenvalue weighted by molar-refractivity contribution is 6.02. The molecule has 4 rings (SSSR count). The highest BCUT2D eigenvalue weighted by Crippen LogP contribution is 2.20. The molecule has 10 nitrogen and oxygen atoms in total. The van der Waals surface area contributed by atoms with E-state index in [0.29, 0.717) is 42.3 Å². The Morgan fingerprint density at radius 2 is 2.03 bits per heavy atom. The molecule has 3 amide bonds. The second-order valence-corrected chi connectivity index (χ2v) is 7.52. The van der Waals surface area contributed by atoms with Crippen LogP contribution in [0.4, 0.5) is 11.5 Å². The normalized spacial score (nSPS) is 15.5. The number of rotatable bonds is 6. The van der Waals surface area contributed by atoms with Gasteiger partial charge in [0, 0.05) is 13.1 Å². The van der Waals surface area contributed by atoms with Crippen LogP contribution in [0.3, 0.4) is 0 Å². The zero-order chi connectivity index (χ0) is 23.2. The van der Waals surface area contributed by atoms with Crippen LogP contribution in [-0.4, -0.2) is 50.8 Å². The van der Waals surface area contributed by atoms with E-state index in [-0.39, 0.29) is 23.4 Å². The van der Waals surface area contributed by atoms with Crippen molar-refractivity contribution < 1.29 is 18.9 Å². The van der Waals surface area contributed by atoms with Gasteiger partial charge in [-0.1, -0.05) is 17.8 Å². The quantitative estimate of drug-likeness (QED) is 0.557. The Kier molecular flexibility index (Phi) is 6.53. The number of aromatic nitrogens is 3. The number of nitrogens with one attached hydrogen (secondary N) is 2. The average Bonchev–Trinajstić information content (AvgIpc) is 3.40. The lowest BCUT2D eigenvalue weighted by Gasteiger charge is -2.31. The molecule has 3 aromatic heterocycles. The molecule has 0 aromatic carbocycles. The van der Waals surface area contributed by atoms with E-state index in [0.717, 1.165) is 6.42 Å². The number of anilines is 2. The molecule has 2 N–H and O–H groups in total. The molecule has 1 aliphatic heterocycles. The van der Waals surface area contributed by atoms with Crippen molar-refractivity contribution in [1.29, 1.82) is 0 Å². The third kappa shape index (κ3) is 5.29. The van der Waals surface area contributed by atoms with Gasteiger partial charge >= 0.3 is 0 Å². The molecule has 3 aromatic rings. The van der Waals surface area contributed by atoms with Crippen molar-refractivity contribution >= 4 is 29.2 Å². The molecule has 0 radical (unpaired) electrons. The van der Waals surface area contributed by atoms with E-state index >= 15 is 0 Å². The number of likely N-dealkylation sites (tertiary alicyclic amines) is 1. The number of carbonyl (C=O) groups is 3. The van der Waals surface area contributed by atoms with Gasteiger partial charge in [-0.2, -0.15) is 0 Å². The van der Waals surface area contributed by atoms with E-state index in [1.165, 1.54) is 24.7 Å². The molecule has 4 heterocycles. The molecule has 10 heteroatoms. The van der Waals surface area contributed by atoms with Crippen molar-refractivity contribution in [3.8, 4) is 11.3 Å². The smallest absolute Gasteiger partial charge is 0.275 e. The van der Waals surface area contributed by atoms with E-state index in [1.54, 1.807) is 35.2 Å². The minimum atomic E-state index is -0.424. The maximum absolute atomic E-state index is 12.6. The Morgan fingerprint density at radius 1 is 1.15 bits per heavy atom. The fraction of sp³-hybridized carbons (Fsp3) is 0.217. The second kappa shape index (κ2) is 9.86. The van der Waals surface area contributed by atoms with Crippen molar-refractivity contribution in [2.75, 3.05) is 23.7 Å². The predicted octanol–water partition coefficient (Wildman–Crippen LogP) is 2.75. The molecule has 168 valence electrons. The van der Waals surface area contributed by atoms with Crippen LogP contribution in [0.5, 0.6) is 0 Å². The van der Waals surface area contributed by atoms with Gasteiger partial charge < -0.3 is 20.1 Å². The van der Waals surface area contributed by atoms with Crippen LogP contribution in [0.2, 0.25) is 0 Å². The minimum Gasteiger partial charge on any atom is -0.364 e. The standard InChI is InChI=1S/C23H22N6O4/c1-2-21(30)29-10-4-5-15(13-29)22(31)26-17-8-9-20(24-12-17)28-23(32)19-7-3-6-18(27-19)16-11-25-33-14-16/h2-3,6-9,11-12,14-15H,1,4-5,10,13H2,(H,26,31)(H,24,28,32)/t15-/m0/s1. The van der Waals surface area contributed by atoms with Crippen LogP contribution >= 0.6 is 0 Å². The largest absolute Gasteiger partial charge is 0.364 e. The number of hydrogen-bond donors (Lipinski definition) is 2. The lowest BCUT2D eigenvalue weighted by atomic mass is 9.97. The fourth-order valence-electron chi connectivity index (χ4n) is 3.54. The molecule has 33 heavy (non-hydrogen) atoms. The van der Waals surface area contributed by atoms with Crippen LogP contribution < -0.4 is 10.6 Å². The lowest BCUT2D eigenvalue weighted by molar-refractivity contribution is -0.130. The lowest BCUT2D eigenvalue weighted by Crippen LogP contribution is -2.43. The average molecular weight is 446 g/mol. The van der Waals surface area contributed by atoms with E-state index in [1.807, 2.05) is 0 Å². The summed E-state index contributed by atoms with van der Waals surface area (Å²) in [5.41, 5.74) is 1.94. The van der Waals surface area contributed by atoms with Gasteiger partial charge in [-0.25, -0.2) is 9.97 Å². The molecule has 1 aliphatic rings. The second-order valence-electron chi connectivity index (χ2n) is 7.52. The zero-order valence-corrected chi connectivity index (χ0v) is 17.7. The Labute approximate surface area is 189 Å². The summed E-state index contributed by atoms with van der Waals surface area (Å²) in [6.07, 6.45) is 7.14. The first-order chi connectivity index (χ1) is 16.0. The first-order valence-corrected chi connectivity index (χ1v) is 10.4. The van der Waals surface area contributed by atoms with Gasteiger partial charge in [-0.05, 0) is 43.2 Å². The summed E-state index contributed by atoms with van der Waals surface area (Å²) in [5, 5.41) is 9.14. The number of nitrogens with zero attached hydrogens (tertiary/aromatic N) is 4. The summed E-state index contributed by atoms with van der Waals surface area (Å²) in [7, 11) is 0. The molecule has 1 saturated heterocycles. The van der Waals surface area contributed by atoms with Crippen molar-refractivity contribution in [3.63, 3.8) is 0 Å². The van der Waals surface area contributed by atoms with Crippen LogP contribution in [0.1, 0.15) is 23.3 Å². The van der Waals surface area contributed by atoms with Crippen LogP contribution in [0.25, 0.3) is 11.3 Å². The van der Waals surface area contributed by atoms with E-state index < -0.39 is 5.91 Å². The number of carbonyl (C=O) groups excluding carboxylic acids is 3. The summed E-state index contributed by atoms with van der Waals surface area (Å²) in [4.78, 5) is 47.1. The summed E-state index contributed by atoms with van der Waals surface area (Å²) in [5.74, 6) is -0.756. The minimum absolute atomic E-state index is 0.171. The molecule has 0 unspecified atom stereocenters. The zero-order valence-electron chi connectivity index (χ0n) is 17.7. The van der Waals surface area contributed by atoms with Crippen molar-refractivity contribution in [3.05, 3.63) is 67.3 Å². The van der Waals surface area contributed by atoms with Crippen LogP contribution in [0, 0.1) is 5.92 Å². The summed E-state index contributed by atoms with van der Waals surface area (Å²) >= 11 is 0. The Morgan fingerprint density at radius 3 is 2.76 bits per heavy atom. The Bertz CT molecular complexity index is 1160. The summed E-state index contributed by atoms with van der Waals surface area (Å²) in [6.45, 7) is 4.48. The maximum atomic E-state index is 12.6. The monoisotopic (exact) mass is 446 g/mol. The maximum Gasteiger partial charge on any atom is 0.275 e. The molecule has 0 saturated carbocycles. The number of piperidine rings is 1. The summed E-state index contributed by atoms with van der Waals surface area (Å²) in [6, 6.07) is 8.29. The summed E-state index contributed by atoms with van der Waals surface area (Å²) < 4.78 is 4.81. The molecule has 0 aliphatic carbocycles. The van der Waals surface area contributed by atoms with Gasteiger partial charge in [0.1, 0.15) is 17.8 Å². The fourth-order valence-corrected chi connectivity index (χ4v) is 3.54. The first kappa shape index (κ1) is 21.9. The highest BCUT2D eigenvalue weighted by Gasteiger charge is 2.27. The van der Waals surface area contributed by atoms with Crippen molar-refractivity contribution in [2.45, 2.75) is 12.8 Å². The van der Waals surface area contributed by atoms with Gasteiger partial charge in [-0.3, -0.25) is 14.4 Å². The topological polar surface area (TPSA) is 130 Å². The Hall–Kier alpha value is -4.34. The molecule has 0 spiro atoms. The Balaban J connectivity index is 1.35. The van der Waals surface area contributed by atoms with E-state index in [4.69, 9.17) is 4.52 Å². The van der Waals surface area contributed by atoms with Gasteiger partial charge in [0.15, 0.2) is 0 Å².